The van der Waals surface area contributed by atoms with Crippen LogP contribution in [0.3, 0.4) is 0 Å². The topological polar surface area (TPSA) is 106 Å². The number of benzene rings is 2. The number of aliphatic hydroxyl groups is 1. The molecule has 1 aromatic heterocycles. The van der Waals surface area contributed by atoms with Crippen LogP contribution in [-0.4, -0.2) is 41.5 Å². The molecule has 4 rings (SSSR count). The normalized spacial score (nSPS) is 16.9. The van der Waals surface area contributed by atoms with Crippen molar-refractivity contribution in [1.82, 2.24) is 4.98 Å². The van der Waals surface area contributed by atoms with Crippen LogP contribution in [0.5, 0.6) is 5.75 Å². The highest BCUT2D eigenvalue weighted by Crippen LogP contribution is 2.44. The van der Waals surface area contributed by atoms with E-state index in [1.807, 2.05) is 6.92 Å². The molecule has 1 saturated heterocycles. The predicted octanol–water partition coefficient (Wildman–Crippen LogP) is 4.79. The Bertz CT molecular complexity index is 1350. The molecule has 1 N–H and O–H groups in total. The fraction of sp³-hybridized carbons (Fsp3) is 0.231. The van der Waals surface area contributed by atoms with E-state index in [0.29, 0.717) is 29.2 Å². The molecular formula is C26H23FN2O6S. The van der Waals surface area contributed by atoms with Crippen molar-refractivity contribution in [3.05, 3.63) is 81.6 Å². The first kappa shape index (κ1) is 25.1. The number of rotatable bonds is 7. The molecule has 0 saturated carbocycles. The minimum absolute atomic E-state index is 0.0756. The van der Waals surface area contributed by atoms with Gasteiger partial charge in [0.25, 0.3) is 5.78 Å². The average molecular weight is 511 g/mol. The maximum Gasteiger partial charge on any atom is 0.350 e. The Hall–Kier alpha value is -4.05. The van der Waals surface area contributed by atoms with Gasteiger partial charge in [-0.1, -0.05) is 30.4 Å². The highest BCUT2D eigenvalue weighted by atomic mass is 32.1. The third-order valence-electron chi connectivity index (χ3n) is 5.59. The Kier molecular flexibility index (Phi) is 7.16. The molecule has 2 aromatic carbocycles. The molecule has 0 spiro atoms. The van der Waals surface area contributed by atoms with Gasteiger partial charge >= 0.3 is 11.9 Å². The first-order chi connectivity index (χ1) is 17.3. The fourth-order valence-electron chi connectivity index (χ4n) is 3.84. The van der Waals surface area contributed by atoms with Gasteiger partial charge in [-0.2, -0.15) is 0 Å². The van der Waals surface area contributed by atoms with Crippen LogP contribution in [0.2, 0.25) is 0 Å². The number of ketones is 1. The van der Waals surface area contributed by atoms with Crippen LogP contribution < -0.4 is 9.64 Å². The lowest BCUT2D eigenvalue weighted by Crippen LogP contribution is -2.29. The molecule has 1 atom stereocenters. The fourth-order valence-corrected chi connectivity index (χ4v) is 4.85. The summed E-state index contributed by atoms with van der Waals surface area (Å²) < 4.78 is 24.0. The van der Waals surface area contributed by atoms with Gasteiger partial charge in [0, 0.05) is 5.56 Å². The second-order valence-corrected chi connectivity index (χ2v) is 8.97. The van der Waals surface area contributed by atoms with Gasteiger partial charge in [0.2, 0.25) is 0 Å². The summed E-state index contributed by atoms with van der Waals surface area (Å²) >= 11 is 0.888. The summed E-state index contributed by atoms with van der Waals surface area (Å²) in [5, 5.41) is 11.3. The van der Waals surface area contributed by atoms with Gasteiger partial charge in [-0.05, 0) is 55.3 Å². The number of halogens is 1. The van der Waals surface area contributed by atoms with Crippen molar-refractivity contribution < 1.29 is 33.4 Å². The molecule has 1 unspecified atom stereocenters. The van der Waals surface area contributed by atoms with Gasteiger partial charge in [0.05, 0.1) is 31.0 Å². The standard InChI is InChI=1S/C26H23FN2O6S/c1-4-13-35-18-11-7-16(8-12-18)21(30)19-20(15-5-9-17(27)10-6-15)29(24(32)22(19)31)26-28-14(2)23(36-26)25(33)34-3/h5-12,20,30H,4,13H2,1-3H3. The third-order valence-corrected chi connectivity index (χ3v) is 6.73. The van der Waals surface area contributed by atoms with E-state index in [0.717, 1.165) is 22.7 Å². The molecule has 8 nitrogen and oxygen atoms in total. The number of carbonyl (C=O) groups is 3. The van der Waals surface area contributed by atoms with E-state index in [9.17, 15) is 23.9 Å². The Labute approximate surface area is 210 Å². The lowest BCUT2D eigenvalue weighted by molar-refractivity contribution is -0.132. The van der Waals surface area contributed by atoms with Gasteiger partial charge in [0.1, 0.15) is 22.2 Å². The van der Waals surface area contributed by atoms with E-state index in [1.54, 1.807) is 31.2 Å². The van der Waals surface area contributed by atoms with Crippen LogP contribution in [-0.2, 0) is 14.3 Å². The van der Waals surface area contributed by atoms with Crippen LogP contribution in [0.1, 0.15) is 45.9 Å². The minimum atomic E-state index is -1.10. The molecule has 0 bridgehead atoms. The molecule has 10 heteroatoms. The molecular weight excluding hydrogens is 487 g/mol. The van der Waals surface area contributed by atoms with Gasteiger partial charge in [-0.15, -0.1) is 0 Å². The third kappa shape index (κ3) is 4.59. The summed E-state index contributed by atoms with van der Waals surface area (Å²) in [7, 11) is 1.23. The van der Waals surface area contributed by atoms with E-state index < -0.39 is 35.3 Å². The number of hydrogen-bond acceptors (Lipinski definition) is 8. The van der Waals surface area contributed by atoms with Crippen molar-refractivity contribution in [3.63, 3.8) is 0 Å². The summed E-state index contributed by atoms with van der Waals surface area (Å²) in [4.78, 5) is 44.2. The van der Waals surface area contributed by atoms with Crippen LogP contribution in [0.4, 0.5) is 9.52 Å². The summed E-state index contributed by atoms with van der Waals surface area (Å²) in [6.07, 6.45) is 0.830. The first-order valence-electron chi connectivity index (χ1n) is 11.1. The number of ether oxygens (including phenoxy) is 2. The van der Waals surface area contributed by atoms with Gasteiger partial charge in [-0.25, -0.2) is 14.2 Å². The lowest BCUT2D eigenvalue weighted by Gasteiger charge is -2.23. The molecule has 0 aliphatic carbocycles. The second-order valence-electron chi connectivity index (χ2n) is 8.00. The van der Waals surface area contributed by atoms with Gasteiger partial charge in [0.15, 0.2) is 5.13 Å². The predicted molar refractivity (Wildman–Crippen MR) is 132 cm³/mol. The van der Waals surface area contributed by atoms with Crippen LogP contribution >= 0.6 is 11.3 Å². The maximum atomic E-state index is 13.7. The zero-order chi connectivity index (χ0) is 26.0. The number of esters is 1. The monoisotopic (exact) mass is 510 g/mol. The Morgan fingerprint density at radius 1 is 1.14 bits per heavy atom. The Morgan fingerprint density at radius 2 is 1.81 bits per heavy atom. The molecule has 1 aliphatic rings. The molecule has 3 aromatic rings. The van der Waals surface area contributed by atoms with Crippen molar-refractivity contribution in [2.45, 2.75) is 26.3 Å². The van der Waals surface area contributed by atoms with Crippen LogP contribution in [0.25, 0.3) is 5.76 Å². The highest BCUT2D eigenvalue weighted by Gasteiger charge is 2.48. The Balaban J connectivity index is 1.85. The zero-order valence-electron chi connectivity index (χ0n) is 19.8. The molecule has 36 heavy (non-hydrogen) atoms. The van der Waals surface area contributed by atoms with Crippen molar-refractivity contribution in [2.24, 2.45) is 0 Å². The number of amides is 1. The minimum Gasteiger partial charge on any atom is -0.507 e. The number of Topliss-reactive ketones (excluding diaryl/α,β-unsaturated/α-hetero) is 1. The largest absolute Gasteiger partial charge is 0.507 e. The number of aliphatic hydroxyl groups excluding tert-OH is 1. The molecule has 0 radical (unpaired) electrons. The Morgan fingerprint density at radius 3 is 2.42 bits per heavy atom. The molecule has 1 aliphatic heterocycles. The summed E-state index contributed by atoms with van der Waals surface area (Å²) in [6.45, 7) is 4.09. The summed E-state index contributed by atoms with van der Waals surface area (Å²) in [5.41, 5.74) is 0.827. The van der Waals surface area contributed by atoms with Gasteiger partial charge < -0.3 is 14.6 Å². The SMILES string of the molecule is CCCOc1ccc(C(O)=C2C(=O)C(=O)N(c3nc(C)c(C(=O)OC)s3)C2c2ccc(F)cc2)cc1. The number of methoxy groups -OCH3 is 1. The van der Waals surface area contributed by atoms with E-state index in [1.165, 1.54) is 31.4 Å². The van der Waals surface area contributed by atoms with Crippen LogP contribution in [0, 0.1) is 12.7 Å². The molecule has 1 fully saturated rings. The second kappa shape index (κ2) is 10.3. The smallest absolute Gasteiger partial charge is 0.350 e. The van der Waals surface area contributed by atoms with Crippen molar-refractivity contribution in [3.8, 4) is 5.75 Å². The summed E-state index contributed by atoms with van der Waals surface area (Å²) in [5.74, 6) is -2.79. The molecule has 2 heterocycles. The summed E-state index contributed by atoms with van der Waals surface area (Å²) in [6, 6.07) is 10.6. The number of aryl methyl sites for hydroxylation is 1. The number of anilines is 1. The number of carbonyl (C=O) groups excluding carboxylic acids is 3. The molecule has 1 amide bonds. The number of hydrogen-bond donors (Lipinski definition) is 1. The maximum absolute atomic E-state index is 13.7. The van der Waals surface area contributed by atoms with Crippen molar-refractivity contribution in [2.75, 3.05) is 18.6 Å². The average Bonchev–Trinajstić information content (AvgIpc) is 3.39. The van der Waals surface area contributed by atoms with E-state index in [2.05, 4.69) is 4.98 Å². The first-order valence-corrected chi connectivity index (χ1v) is 11.9. The number of aromatic nitrogens is 1. The van der Waals surface area contributed by atoms with E-state index in [-0.39, 0.29) is 15.6 Å². The lowest BCUT2D eigenvalue weighted by atomic mass is 9.95. The van der Waals surface area contributed by atoms with E-state index in [4.69, 9.17) is 9.47 Å². The van der Waals surface area contributed by atoms with Crippen molar-refractivity contribution in [1.29, 1.82) is 0 Å². The number of nitrogens with zero attached hydrogens (tertiary/aromatic N) is 2. The van der Waals surface area contributed by atoms with Crippen LogP contribution in [0.15, 0.2) is 54.1 Å². The number of thiazole rings is 1. The van der Waals surface area contributed by atoms with E-state index >= 15 is 0 Å². The zero-order valence-corrected chi connectivity index (χ0v) is 20.6. The van der Waals surface area contributed by atoms with Crippen molar-refractivity contribution >= 4 is 39.9 Å². The van der Waals surface area contributed by atoms with Gasteiger partial charge in [-0.3, -0.25) is 14.5 Å². The molecule has 186 valence electrons. The highest BCUT2D eigenvalue weighted by molar-refractivity contribution is 7.17. The quantitative estimate of drug-likeness (QED) is 0.211.